The molecular formula is C13H13BrN4O3. The third kappa shape index (κ3) is 3.82. The maximum atomic E-state index is 12.0. The average Bonchev–Trinajstić information content (AvgIpc) is 2.93. The van der Waals surface area contributed by atoms with Crippen molar-refractivity contribution < 1.29 is 14.7 Å². The number of benzene rings is 1. The number of aromatic nitrogens is 2. The topological polar surface area (TPSA) is 98.3 Å². The van der Waals surface area contributed by atoms with E-state index in [9.17, 15) is 9.59 Å². The zero-order chi connectivity index (χ0) is 15.4. The number of aromatic carboxylic acids is 1. The van der Waals surface area contributed by atoms with Gasteiger partial charge in [-0.2, -0.15) is 0 Å². The van der Waals surface area contributed by atoms with Crippen LogP contribution >= 0.6 is 15.9 Å². The van der Waals surface area contributed by atoms with Crippen molar-refractivity contribution in [1.29, 1.82) is 0 Å². The lowest BCUT2D eigenvalue weighted by atomic mass is 10.2. The third-order valence-corrected chi connectivity index (χ3v) is 3.40. The van der Waals surface area contributed by atoms with Gasteiger partial charge in [0.15, 0.2) is 0 Å². The number of carbonyl (C=O) groups is 2. The second-order valence-electron chi connectivity index (χ2n) is 4.32. The van der Waals surface area contributed by atoms with Gasteiger partial charge >= 0.3 is 12.0 Å². The molecular weight excluding hydrogens is 340 g/mol. The molecule has 2 aromatic rings. The lowest BCUT2D eigenvalue weighted by molar-refractivity contribution is 0.0697. The van der Waals surface area contributed by atoms with Crippen molar-refractivity contribution in [3.8, 4) is 0 Å². The van der Waals surface area contributed by atoms with Crippen LogP contribution in [0.1, 0.15) is 16.2 Å². The highest BCUT2D eigenvalue weighted by atomic mass is 79.9. The molecule has 7 nitrogen and oxygen atoms in total. The van der Waals surface area contributed by atoms with Crippen LogP contribution in [0.4, 0.5) is 10.5 Å². The van der Waals surface area contributed by atoms with Crippen molar-refractivity contribution in [3.05, 3.63) is 46.5 Å². The molecule has 0 saturated carbocycles. The Bertz CT molecular complexity index is 657. The predicted molar refractivity (Wildman–Crippen MR) is 80.2 cm³/mol. The summed E-state index contributed by atoms with van der Waals surface area (Å²) in [5.41, 5.74) is 0.639. The fraction of sp³-hybridized carbons (Fsp3) is 0.154. The number of anilines is 1. The first-order valence-electron chi connectivity index (χ1n) is 6.00. The highest BCUT2D eigenvalue weighted by Gasteiger charge is 2.13. The van der Waals surface area contributed by atoms with Crippen molar-refractivity contribution >= 4 is 33.6 Å². The van der Waals surface area contributed by atoms with E-state index in [-0.39, 0.29) is 11.6 Å². The Morgan fingerprint density at radius 1 is 1.48 bits per heavy atom. The molecule has 2 amide bonds. The minimum absolute atomic E-state index is 0.142. The number of hydrogen-bond acceptors (Lipinski definition) is 3. The number of nitrogens with zero attached hydrogens (tertiary/aromatic N) is 2. The van der Waals surface area contributed by atoms with Crippen LogP contribution in [0.15, 0.2) is 35.1 Å². The first kappa shape index (κ1) is 15.0. The van der Waals surface area contributed by atoms with Gasteiger partial charge in [-0.25, -0.2) is 14.6 Å². The van der Waals surface area contributed by atoms with Crippen LogP contribution in [0.25, 0.3) is 0 Å². The minimum atomic E-state index is -1.02. The number of halogens is 1. The van der Waals surface area contributed by atoms with Gasteiger partial charge in [0.1, 0.15) is 5.82 Å². The van der Waals surface area contributed by atoms with E-state index in [2.05, 4.69) is 31.2 Å². The van der Waals surface area contributed by atoms with Crippen LogP contribution in [0.5, 0.6) is 0 Å². The quantitative estimate of drug-likeness (QED) is 0.787. The van der Waals surface area contributed by atoms with Gasteiger partial charge in [-0.3, -0.25) is 0 Å². The van der Waals surface area contributed by atoms with Gasteiger partial charge in [-0.1, -0.05) is 0 Å². The summed E-state index contributed by atoms with van der Waals surface area (Å²) in [5, 5.41) is 11.6. The number of urea groups is 1. The molecule has 110 valence electrons. The van der Waals surface area contributed by atoms with Gasteiger partial charge in [-0.05, 0) is 34.1 Å². The monoisotopic (exact) mass is 352 g/mol. The van der Waals surface area contributed by atoms with Gasteiger partial charge in [0.05, 0.1) is 17.8 Å². The number of carbonyl (C=O) groups excluding carboxylic acids is 1. The lowest BCUT2D eigenvalue weighted by Crippen LogP contribution is -2.31. The largest absolute Gasteiger partial charge is 0.478 e. The molecule has 0 aliphatic rings. The molecule has 0 unspecified atom stereocenters. The van der Waals surface area contributed by atoms with Gasteiger partial charge in [0.25, 0.3) is 0 Å². The summed E-state index contributed by atoms with van der Waals surface area (Å²) in [4.78, 5) is 31.3. The molecule has 21 heavy (non-hydrogen) atoms. The first-order valence-corrected chi connectivity index (χ1v) is 6.80. The van der Waals surface area contributed by atoms with E-state index in [4.69, 9.17) is 5.11 Å². The number of H-pyrrole nitrogens is 1. The van der Waals surface area contributed by atoms with Crippen LogP contribution in [-0.4, -0.2) is 39.0 Å². The number of carboxylic acids is 1. The molecule has 0 bridgehead atoms. The molecule has 0 atom stereocenters. The Hall–Kier alpha value is -2.35. The van der Waals surface area contributed by atoms with E-state index in [1.807, 2.05) is 0 Å². The summed E-state index contributed by atoms with van der Waals surface area (Å²) >= 11 is 3.24. The third-order valence-electron chi connectivity index (χ3n) is 2.75. The molecule has 0 fully saturated rings. The number of rotatable bonds is 4. The van der Waals surface area contributed by atoms with E-state index >= 15 is 0 Å². The Balaban J connectivity index is 2.03. The number of aromatic amines is 1. The summed E-state index contributed by atoms with van der Waals surface area (Å²) in [5.74, 6) is -0.351. The van der Waals surface area contributed by atoms with Gasteiger partial charge in [0.2, 0.25) is 0 Å². The zero-order valence-electron chi connectivity index (χ0n) is 11.1. The van der Waals surface area contributed by atoms with Crippen LogP contribution in [-0.2, 0) is 6.54 Å². The van der Waals surface area contributed by atoms with Crippen molar-refractivity contribution in [2.45, 2.75) is 6.54 Å². The molecule has 1 aromatic carbocycles. The second-order valence-corrected chi connectivity index (χ2v) is 5.18. The number of imidazole rings is 1. The molecule has 1 aromatic heterocycles. The Labute approximate surface area is 129 Å². The molecule has 0 saturated heterocycles. The standard InChI is InChI=1S/C13H13BrN4O3/c1-18(7-11-15-4-5-16-11)13(21)17-10-3-2-8(12(19)20)6-9(10)14/h2-6H,7H2,1H3,(H,15,16)(H,17,21)(H,19,20). The number of hydrogen-bond donors (Lipinski definition) is 3. The number of nitrogens with one attached hydrogen (secondary N) is 2. The summed E-state index contributed by atoms with van der Waals surface area (Å²) in [6.45, 7) is 0.337. The van der Waals surface area contributed by atoms with E-state index in [0.717, 1.165) is 0 Å². The van der Waals surface area contributed by atoms with Crippen LogP contribution in [0.3, 0.4) is 0 Å². The summed E-state index contributed by atoms with van der Waals surface area (Å²) in [6.07, 6.45) is 3.30. The maximum Gasteiger partial charge on any atom is 0.335 e. The van der Waals surface area contributed by atoms with Crippen molar-refractivity contribution in [2.75, 3.05) is 12.4 Å². The SMILES string of the molecule is CN(Cc1ncc[nH]1)C(=O)Nc1ccc(C(=O)O)cc1Br. The zero-order valence-corrected chi connectivity index (χ0v) is 12.7. The molecule has 0 spiro atoms. The number of carboxylic acid groups (broad SMARTS) is 1. The lowest BCUT2D eigenvalue weighted by Gasteiger charge is -2.17. The van der Waals surface area contributed by atoms with E-state index < -0.39 is 5.97 Å². The molecule has 0 aliphatic heterocycles. The minimum Gasteiger partial charge on any atom is -0.478 e. The van der Waals surface area contributed by atoms with Gasteiger partial charge in [0, 0.05) is 23.9 Å². The molecule has 2 rings (SSSR count). The second kappa shape index (κ2) is 6.40. The normalized spacial score (nSPS) is 10.2. The predicted octanol–water partition coefficient (Wildman–Crippen LogP) is 2.53. The number of amides is 2. The van der Waals surface area contributed by atoms with E-state index in [1.54, 1.807) is 19.4 Å². The fourth-order valence-electron chi connectivity index (χ4n) is 1.64. The molecule has 3 N–H and O–H groups in total. The smallest absolute Gasteiger partial charge is 0.335 e. The van der Waals surface area contributed by atoms with Crippen LogP contribution in [0, 0.1) is 0 Å². The Morgan fingerprint density at radius 2 is 2.24 bits per heavy atom. The Kier molecular flexibility index (Phi) is 4.59. The highest BCUT2D eigenvalue weighted by molar-refractivity contribution is 9.10. The Morgan fingerprint density at radius 3 is 2.81 bits per heavy atom. The summed E-state index contributed by atoms with van der Waals surface area (Å²) in [7, 11) is 1.64. The molecule has 1 heterocycles. The van der Waals surface area contributed by atoms with Crippen molar-refractivity contribution in [3.63, 3.8) is 0 Å². The van der Waals surface area contributed by atoms with Crippen molar-refractivity contribution in [1.82, 2.24) is 14.9 Å². The molecule has 0 aliphatic carbocycles. The van der Waals surface area contributed by atoms with Crippen LogP contribution < -0.4 is 5.32 Å². The summed E-state index contributed by atoms with van der Waals surface area (Å²) < 4.78 is 0.502. The van der Waals surface area contributed by atoms with Crippen molar-refractivity contribution in [2.24, 2.45) is 0 Å². The highest BCUT2D eigenvalue weighted by Crippen LogP contribution is 2.24. The van der Waals surface area contributed by atoms with Gasteiger partial charge < -0.3 is 20.3 Å². The first-order chi connectivity index (χ1) is 9.97. The average molecular weight is 353 g/mol. The maximum absolute atomic E-state index is 12.0. The molecule has 0 radical (unpaired) electrons. The summed E-state index contributed by atoms with van der Waals surface area (Å²) in [6, 6.07) is 4.07. The van der Waals surface area contributed by atoms with E-state index in [0.29, 0.717) is 22.5 Å². The van der Waals surface area contributed by atoms with Gasteiger partial charge in [-0.15, -0.1) is 0 Å². The molecule has 8 heteroatoms. The fourth-order valence-corrected chi connectivity index (χ4v) is 2.12. The van der Waals surface area contributed by atoms with Crippen LogP contribution in [0.2, 0.25) is 0 Å². The van der Waals surface area contributed by atoms with E-state index in [1.165, 1.54) is 23.1 Å².